The van der Waals surface area contributed by atoms with Gasteiger partial charge in [-0.1, -0.05) is 26.2 Å². The smallest absolute Gasteiger partial charge is 0.191 e. The van der Waals surface area contributed by atoms with Crippen LogP contribution in [0.25, 0.3) is 0 Å². The molecule has 0 spiro atoms. The van der Waals surface area contributed by atoms with Gasteiger partial charge in [-0.15, -0.1) is 0 Å². The van der Waals surface area contributed by atoms with Crippen molar-refractivity contribution in [3.05, 3.63) is 0 Å². The van der Waals surface area contributed by atoms with Gasteiger partial charge in [-0.2, -0.15) is 0 Å². The molecule has 19 heavy (non-hydrogen) atoms. The van der Waals surface area contributed by atoms with E-state index in [1.165, 1.54) is 25.7 Å². The molecule has 0 aromatic heterocycles. The number of nitrogens with zero attached hydrogens (tertiary/aromatic N) is 1. The second-order valence-corrected chi connectivity index (χ2v) is 5.81. The van der Waals surface area contributed by atoms with Gasteiger partial charge in [-0.05, 0) is 39.5 Å². The number of rotatable bonds is 8. The highest BCUT2D eigenvalue weighted by Gasteiger charge is 2.34. The zero-order chi connectivity index (χ0) is 14.1. The summed E-state index contributed by atoms with van der Waals surface area (Å²) in [6.45, 7) is 7.86. The Morgan fingerprint density at radius 1 is 1.32 bits per heavy atom. The zero-order valence-corrected chi connectivity index (χ0v) is 12.8. The van der Waals surface area contributed by atoms with Crippen molar-refractivity contribution < 1.29 is 5.11 Å². The van der Waals surface area contributed by atoms with Crippen LogP contribution in [0.1, 0.15) is 65.7 Å². The first kappa shape index (κ1) is 16.3. The Morgan fingerprint density at radius 2 is 2.05 bits per heavy atom. The molecule has 1 fully saturated rings. The molecule has 0 saturated heterocycles. The Balaban J connectivity index is 2.35. The van der Waals surface area contributed by atoms with Crippen molar-refractivity contribution in [2.75, 3.05) is 13.1 Å². The summed E-state index contributed by atoms with van der Waals surface area (Å²) in [6, 6.07) is 0.431. The van der Waals surface area contributed by atoms with E-state index in [2.05, 4.69) is 36.4 Å². The van der Waals surface area contributed by atoms with Gasteiger partial charge in [0.15, 0.2) is 5.96 Å². The fourth-order valence-electron chi connectivity index (χ4n) is 2.30. The zero-order valence-electron chi connectivity index (χ0n) is 12.8. The average molecular weight is 269 g/mol. The Hall–Kier alpha value is -0.770. The van der Waals surface area contributed by atoms with E-state index < -0.39 is 5.60 Å². The van der Waals surface area contributed by atoms with Crippen molar-refractivity contribution in [1.29, 1.82) is 0 Å². The lowest BCUT2D eigenvalue weighted by Gasteiger charge is -2.35. The van der Waals surface area contributed by atoms with E-state index in [9.17, 15) is 5.11 Å². The number of guanidine groups is 1. The Morgan fingerprint density at radius 3 is 2.58 bits per heavy atom. The standard InChI is InChI=1S/C15H31N3O/c1-4-6-7-9-13(3)18-14(16-5-2)17-12-15(19)10-8-11-15/h13,19H,4-12H2,1-3H3,(H2,16,17,18). The van der Waals surface area contributed by atoms with Crippen LogP contribution in [0.5, 0.6) is 0 Å². The largest absolute Gasteiger partial charge is 0.388 e. The summed E-state index contributed by atoms with van der Waals surface area (Å²) in [5, 5.41) is 16.7. The van der Waals surface area contributed by atoms with Gasteiger partial charge in [0.05, 0.1) is 12.1 Å². The topological polar surface area (TPSA) is 56.7 Å². The number of hydrogen-bond acceptors (Lipinski definition) is 2. The molecule has 1 rings (SSSR count). The van der Waals surface area contributed by atoms with E-state index in [4.69, 9.17) is 0 Å². The number of aliphatic hydroxyl groups is 1. The Kier molecular flexibility index (Phi) is 7.21. The van der Waals surface area contributed by atoms with Gasteiger partial charge >= 0.3 is 0 Å². The highest BCUT2D eigenvalue weighted by atomic mass is 16.3. The van der Waals surface area contributed by atoms with Gasteiger partial charge in [0.2, 0.25) is 0 Å². The van der Waals surface area contributed by atoms with Gasteiger partial charge in [-0.25, -0.2) is 0 Å². The minimum atomic E-state index is -0.534. The van der Waals surface area contributed by atoms with Crippen LogP contribution in [-0.2, 0) is 0 Å². The second kappa shape index (κ2) is 8.41. The maximum Gasteiger partial charge on any atom is 0.191 e. The molecule has 0 bridgehead atoms. The van der Waals surface area contributed by atoms with Crippen molar-refractivity contribution in [3.8, 4) is 0 Å². The summed E-state index contributed by atoms with van der Waals surface area (Å²) >= 11 is 0. The average Bonchev–Trinajstić information content (AvgIpc) is 2.34. The van der Waals surface area contributed by atoms with E-state index in [1.807, 2.05) is 0 Å². The van der Waals surface area contributed by atoms with Crippen molar-refractivity contribution in [2.24, 2.45) is 4.99 Å². The summed E-state index contributed by atoms with van der Waals surface area (Å²) in [7, 11) is 0. The predicted molar refractivity (Wildman–Crippen MR) is 81.5 cm³/mol. The summed E-state index contributed by atoms with van der Waals surface area (Å²) < 4.78 is 0. The van der Waals surface area contributed by atoms with E-state index in [1.54, 1.807) is 0 Å². The molecule has 3 N–H and O–H groups in total. The van der Waals surface area contributed by atoms with Gasteiger partial charge < -0.3 is 15.7 Å². The van der Waals surface area contributed by atoms with Gasteiger partial charge in [0, 0.05) is 12.6 Å². The fraction of sp³-hybridized carbons (Fsp3) is 0.933. The first-order valence-corrected chi connectivity index (χ1v) is 7.87. The van der Waals surface area contributed by atoms with E-state index in [-0.39, 0.29) is 0 Å². The predicted octanol–water partition coefficient (Wildman–Crippen LogP) is 2.43. The molecule has 0 aliphatic heterocycles. The molecule has 1 aliphatic rings. The number of hydrogen-bond donors (Lipinski definition) is 3. The van der Waals surface area contributed by atoms with Crippen molar-refractivity contribution >= 4 is 5.96 Å². The fourth-order valence-corrected chi connectivity index (χ4v) is 2.30. The van der Waals surface area contributed by atoms with Crippen LogP contribution in [0.4, 0.5) is 0 Å². The molecule has 1 unspecified atom stereocenters. The number of unbranched alkanes of at least 4 members (excludes halogenated alkanes) is 2. The van der Waals surface area contributed by atoms with Gasteiger partial charge in [-0.3, -0.25) is 4.99 Å². The molecule has 0 heterocycles. The highest BCUT2D eigenvalue weighted by molar-refractivity contribution is 5.80. The summed E-state index contributed by atoms with van der Waals surface area (Å²) in [5.74, 6) is 0.840. The number of nitrogens with one attached hydrogen (secondary N) is 2. The first-order valence-electron chi connectivity index (χ1n) is 7.87. The normalized spacial score (nSPS) is 19.7. The maximum absolute atomic E-state index is 10.1. The minimum absolute atomic E-state index is 0.431. The van der Waals surface area contributed by atoms with Crippen LogP contribution < -0.4 is 10.6 Å². The minimum Gasteiger partial charge on any atom is -0.388 e. The quantitative estimate of drug-likeness (QED) is 0.360. The molecule has 1 saturated carbocycles. The SMILES string of the molecule is CCCCCC(C)NC(=NCC1(O)CCC1)NCC. The number of aliphatic imine (C=N–C) groups is 1. The molecule has 0 radical (unpaired) electrons. The highest BCUT2D eigenvalue weighted by Crippen LogP contribution is 2.31. The molecule has 4 heteroatoms. The molecule has 1 atom stereocenters. The summed E-state index contributed by atoms with van der Waals surface area (Å²) in [6.07, 6.45) is 7.89. The molecule has 112 valence electrons. The molecule has 4 nitrogen and oxygen atoms in total. The molecule has 1 aliphatic carbocycles. The molecular formula is C15H31N3O. The van der Waals surface area contributed by atoms with E-state index in [0.717, 1.165) is 31.8 Å². The second-order valence-electron chi connectivity index (χ2n) is 5.81. The van der Waals surface area contributed by atoms with Gasteiger partial charge in [0.1, 0.15) is 0 Å². The van der Waals surface area contributed by atoms with Crippen molar-refractivity contribution in [1.82, 2.24) is 10.6 Å². The van der Waals surface area contributed by atoms with Crippen molar-refractivity contribution in [3.63, 3.8) is 0 Å². The first-order chi connectivity index (χ1) is 9.09. The monoisotopic (exact) mass is 269 g/mol. The van der Waals surface area contributed by atoms with Crippen LogP contribution in [-0.4, -0.2) is 35.8 Å². The van der Waals surface area contributed by atoms with Crippen LogP contribution in [0.3, 0.4) is 0 Å². The summed E-state index contributed by atoms with van der Waals surface area (Å²) in [5.41, 5.74) is -0.534. The van der Waals surface area contributed by atoms with Crippen LogP contribution in [0, 0.1) is 0 Å². The molecule has 0 aromatic rings. The van der Waals surface area contributed by atoms with Crippen LogP contribution in [0.15, 0.2) is 4.99 Å². The third-order valence-electron chi connectivity index (χ3n) is 3.78. The molecular weight excluding hydrogens is 238 g/mol. The van der Waals surface area contributed by atoms with E-state index in [0.29, 0.717) is 12.6 Å². The lowest BCUT2D eigenvalue weighted by Crippen LogP contribution is -2.45. The van der Waals surface area contributed by atoms with Gasteiger partial charge in [0.25, 0.3) is 0 Å². The molecule has 0 aromatic carbocycles. The van der Waals surface area contributed by atoms with E-state index >= 15 is 0 Å². The third kappa shape index (κ3) is 6.28. The van der Waals surface area contributed by atoms with Crippen LogP contribution in [0.2, 0.25) is 0 Å². The maximum atomic E-state index is 10.1. The Bertz CT molecular complexity index is 275. The van der Waals surface area contributed by atoms with Crippen LogP contribution >= 0.6 is 0 Å². The lowest BCUT2D eigenvalue weighted by atomic mass is 9.80. The third-order valence-corrected chi connectivity index (χ3v) is 3.78. The lowest BCUT2D eigenvalue weighted by molar-refractivity contribution is -0.0236. The Labute approximate surface area is 118 Å². The molecule has 0 amide bonds. The van der Waals surface area contributed by atoms with Crippen molar-refractivity contribution in [2.45, 2.75) is 77.4 Å². The summed E-state index contributed by atoms with van der Waals surface area (Å²) in [4.78, 5) is 4.52.